The molecule has 0 unspecified atom stereocenters. The number of carbonyl (C=O) groups is 1. The van der Waals surface area contributed by atoms with E-state index in [1.54, 1.807) is 6.20 Å². The third kappa shape index (κ3) is 3.82. The Morgan fingerprint density at radius 2 is 2.26 bits per heavy atom. The molecule has 1 aromatic rings. The number of rotatable bonds is 4. The number of hydrogen-bond donors (Lipinski definition) is 2. The van der Waals surface area contributed by atoms with Gasteiger partial charge in [0.2, 0.25) is 5.91 Å². The van der Waals surface area contributed by atoms with Gasteiger partial charge in [-0.25, -0.2) is 4.98 Å². The Balaban J connectivity index is 1.76. The number of nitrogen functional groups attached to an aromatic ring is 1. The van der Waals surface area contributed by atoms with Gasteiger partial charge in [-0.1, -0.05) is 0 Å². The first-order chi connectivity index (χ1) is 9.16. The summed E-state index contributed by atoms with van der Waals surface area (Å²) >= 11 is 0. The lowest BCUT2D eigenvalue weighted by molar-refractivity contribution is -0.134. The number of nitrogens with two attached hydrogens (primary N) is 1. The van der Waals surface area contributed by atoms with Gasteiger partial charge in [-0.15, -0.1) is 0 Å². The van der Waals surface area contributed by atoms with E-state index in [-0.39, 0.29) is 5.91 Å². The Kier molecular flexibility index (Phi) is 4.57. The van der Waals surface area contributed by atoms with Gasteiger partial charge in [0.15, 0.2) is 0 Å². The summed E-state index contributed by atoms with van der Waals surface area (Å²) in [6.07, 6.45) is 2.09. The SMILES string of the molecule is Cc1cc(NCCC(=O)N2CCOCC2)ncc1N. The van der Waals surface area contributed by atoms with Gasteiger partial charge >= 0.3 is 0 Å². The zero-order chi connectivity index (χ0) is 13.7. The fourth-order valence-electron chi connectivity index (χ4n) is 1.93. The number of amides is 1. The Hall–Kier alpha value is -1.82. The van der Waals surface area contributed by atoms with Crippen LogP contribution in [-0.2, 0) is 9.53 Å². The Labute approximate surface area is 112 Å². The van der Waals surface area contributed by atoms with Crippen LogP contribution >= 0.6 is 0 Å². The van der Waals surface area contributed by atoms with Crippen LogP contribution in [0.5, 0.6) is 0 Å². The highest BCUT2D eigenvalue weighted by Crippen LogP contribution is 2.13. The van der Waals surface area contributed by atoms with Gasteiger partial charge in [0.05, 0.1) is 25.1 Å². The summed E-state index contributed by atoms with van der Waals surface area (Å²) in [7, 11) is 0. The predicted molar refractivity (Wildman–Crippen MR) is 73.9 cm³/mol. The Bertz CT molecular complexity index is 444. The number of pyridine rings is 1. The van der Waals surface area contributed by atoms with Gasteiger partial charge in [0, 0.05) is 26.1 Å². The fraction of sp³-hybridized carbons (Fsp3) is 0.538. The molecule has 0 atom stereocenters. The van der Waals surface area contributed by atoms with Crippen molar-refractivity contribution >= 4 is 17.4 Å². The second-order valence-electron chi connectivity index (χ2n) is 4.60. The topological polar surface area (TPSA) is 80.5 Å². The average Bonchev–Trinajstić information content (AvgIpc) is 2.43. The van der Waals surface area contributed by atoms with Crippen LogP contribution in [0.15, 0.2) is 12.3 Å². The Morgan fingerprint density at radius 1 is 1.53 bits per heavy atom. The van der Waals surface area contributed by atoms with Crippen LogP contribution in [0.1, 0.15) is 12.0 Å². The van der Waals surface area contributed by atoms with Crippen molar-refractivity contribution in [1.29, 1.82) is 0 Å². The quantitative estimate of drug-likeness (QED) is 0.834. The largest absolute Gasteiger partial charge is 0.397 e. The third-order valence-electron chi connectivity index (χ3n) is 3.16. The van der Waals surface area contributed by atoms with Crippen molar-refractivity contribution in [2.75, 3.05) is 43.9 Å². The molecule has 1 amide bonds. The molecule has 1 fully saturated rings. The molecule has 104 valence electrons. The number of nitrogens with one attached hydrogen (secondary N) is 1. The number of ether oxygens (including phenoxy) is 1. The second kappa shape index (κ2) is 6.38. The normalized spacial score (nSPS) is 15.3. The zero-order valence-corrected chi connectivity index (χ0v) is 11.2. The summed E-state index contributed by atoms with van der Waals surface area (Å²) in [4.78, 5) is 17.9. The lowest BCUT2D eigenvalue weighted by Gasteiger charge is -2.26. The summed E-state index contributed by atoms with van der Waals surface area (Å²) in [5.74, 6) is 0.907. The van der Waals surface area contributed by atoms with E-state index >= 15 is 0 Å². The molecule has 1 aliphatic rings. The van der Waals surface area contributed by atoms with E-state index in [0.29, 0.717) is 45.0 Å². The van der Waals surface area contributed by atoms with Crippen LogP contribution in [-0.4, -0.2) is 48.6 Å². The number of aryl methyl sites for hydroxylation is 1. The fourth-order valence-corrected chi connectivity index (χ4v) is 1.93. The summed E-state index contributed by atoms with van der Waals surface area (Å²) in [5, 5.41) is 3.14. The molecular formula is C13H20N4O2. The van der Waals surface area contributed by atoms with Crippen molar-refractivity contribution in [3.05, 3.63) is 17.8 Å². The molecule has 0 radical (unpaired) electrons. The van der Waals surface area contributed by atoms with E-state index in [1.165, 1.54) is 0 Å². The van der Waals surface area contributed by atoms with Crippen LogP contribution in [0.4, 0.5) is 11.5 Å². The first-order valence-corrected chi connectivity index (χ1v) is 6.48. The van der Waals surface area contributed by atoms with Crippen LogP contribution < -0.4 is 11.1 Å². The highest BCUT2D eigenvalue weighted by atomic mass is 16.5. The number of nitrogens with zero attached hydrogens (tertiary/aromatic N) is 2. The monoisotopic (exact) mass is 264 g/mol. The van der Waals surface area contributed by atoms with Crippen LogP contribution in [0, 0.1) is 6.92 Å². The molecule has 0 spiro atoms. The summed E-state index contributed by atoms with van der Waals surface area (Å²) in [5.41, 5.74) is 7.36. The van der Waals surface area contributed by atoms with E-state index in [9.17, 15) is 4.79 Å². The van der Waals surface area contributed by atoms with E-state index < -0.39 is 0 Å². The number of aromatic nitrogens is 1. The van der Waals surface area contributed by atoms with Crippen molar-refractivity contribution in [2.24, 2.45) is 0 Å². The van der Waals surface area contributed by atoms with E-state index in [0.717, 1.165) is 11.4 Å². The molecule has 0 aromatic carbocycles. The molecule has 0 aliphatic carbocycles. The number of carbonyl (C=O) groups excluding carboxylic acids is 1. The molecule has 2 rings (SSSR count). The lowest BCUT2D eigenvalue weighted by Crippen LogP contribution is -2.41. The average molecular weight is 264 g/mol. The molecule has 6 nitrogen and oxygen atoms in total. The van der Waals surface area contributed by atoms with Gasteiger partial charge in [0.1, 0.15) is 5.82 Å². The molecule has 0 saturated carbocycles. The van der Waals surface area contributed by atoms with Crippen molar-refractivity contribution in [3.63, 3.8) is 0 Å². The van der Waals surface area contributed by atoms with Gasteiger partial charge in [-0.2, -0.15) is 0 Å². The summed E-state index contributed by atoms with van der Waals surface area (Å²) in [6.45, 7) is 5.17. The highest BCUT2D eigenvalue weighted by Gasteiger charge is 2.15. The minimum atomic E-state index is 0.156. The first kappa shape index (κ1) is 13.6. The minimum absolute atomic E-state index is 0.156. The highest BCUT2D eigenvalue weighted by molar-refractivity contribution is 5.76. The number of morpholine rings is 1. The predicted octanol–water partition coefficient (Wildman–Crippen LogP) is 0.633. The van der Waals surface area contributed by atoms with Crippen molar-refractivity contribution in [3.8, 4) is 0 Å². The van der Waals surface area contributed by atoms with Gasteiger partial charge in [-0.05, 0) is 18.6 Å². The standard InChI is InChI=1S/C13H20N4O2/c1-10-8-12(16-9-11(10)14)15-3-2-13(18)17-4-6-19-7-5-17/h8-9H,2-7,14H2,1H3,(H,15,16). The second-order valence-corrected chi connectivity index (χ2v) is 4.60. The van der Waals surface area contributed by atoms with Crippen LogP contribution in [0.25, 0.3) is 0 Å². The summed E-state index contributed by atoms with van der Waals surface area (Å²) in [6, 6.07) is 1.88. The summed E-state index contributed by atoms with van der Waals surface area (Å²) < 4.78 is 5.22. The minimum Gasteiger partial charge on any atom is -0.397 e. The van der Waals surface area contributed by atoms with Gasteiger partial charge < -0.3 is 20.7 Å². The zero-order valence-electron chi connectivity index (χ0n) is 11.2. The van der Waals surface area contributed by atoms with E-state index in [2.05, 4.69) is 10.3 Å². The first-order valence-electron chi connectivity index (χ1n) is 6.48. The maximum Gasteiger partial charge on any atom is 0.224 e. The van der Waals surface area contributed by atoms with Gasteiger partial charge in [-0.3, -0.25) is 4.79 Å². The molecule has 1 aliphatic heterocycles. The maximum atomic E-state index is 11.9. The van der Waals surface area contributed by atoms with Crippen molar-refractivity contribution in [2.45, 2.75) is 13.3 Å². The molecule has 0 bridgehead atoms. The van der Waals surface area contributed by atoms with Gasteiger partial charge in [0.25, 0.3) is 0 Å². The molecule has 6 heteroatoms. The molecule has 19 heavy (non-hydrogen) atoms. The van der Waals surface area contributed by atoms with Crippen molar-refractivity contribution in [1.82, 2.24) is 9.88 Å². The number of hydrogen-bond acceptors (Lipinski definition) is 5. The lowest BCUT2D eigenvalue weighted by atomic mass is 10.2. The molecule has 3 N–H and O–H groups in total. The molecule has 1 aromatic heterocycles. The molecular weight excluding hydrogens is 244 g/mol. The smallest absolute Gasteiger partial charge is 0.224 e. The van der Waals surface area contributed by atoms with E-state index in [4.69, 9.17) is 10.5 Å². The van der Waals surface area contributed by atoms with Crippen molar-refractivity contribution < 1.29 is 9.53 Å². The van der Waals surface area contributed by atoms with Crippen LogP contribution in [0.3, 0.4) is 0 Å². The van der Waals surface area contributed by atoms with E-state index in [1.807, 2.05) is 17.9 Å². The molecule has 2 heterocycles. The Morgan fingerprint density at radius 3 is 2.95 bits per heavy atom. The number of anilines is 2. The molecule has 1 saturated heterocycles. The van der Waals surface area contributed by atoms with Crippen LogP contribution in [0.2, 0.25) is 0 Å². The third-order valence-corrected chi connectivity index (χ3v) is 3.16. The maximum absolute atomic E-state index is 11.9.